The zero-order chi connectivity index (χ0) is 23.9. The quantitative estimate of drug-likeness (QED) is 0.542. The second-order valence-electron chi connectivity index (χ2n) is 10.4. The number of hydrogen-bond acceptors (Lipinski definition) is 4. The molecule has 3 aliphatic rings. The summed E-state index contributed by atoms with van der Waals surface area (Å²) in [6.07, 6.45) is 4.91. The predicted octanol–water partition coefficient (Wildman–Crippen LogP) is 5.32. The van der Waals surface area contributed by atoms with Crippen LogP contribution in [-0.2, 0) is 11.3 Å². The molecule has 1 N–H and O–H groups in total. The van der Waals surface area contributed by atoms with Gasteiger partial charge < -0.3 is 10.2 Å². The summed E-state index contributed by atoms with van der Waals surface area (Å²) in [5.74, 6) is 1.82. The van der Waals surface area contributed by atoms with E-state index in [1.807, 2.05) is 44.2 Å². The summed E-state index contributed by atoms with van der Waals surface area (Å²) >= 11 is 3.48. The SMILES string of the molecule is CCC(C)N(C(=O)Cn1ncc(N[C@@H]2C[C@H]3C[C@@H]([C@H]2C)C3(C)C)c(Br)c1=O)c1ccccc1. The molecular weight excluding hydrogens is 480 g/mol. The van der Waals surface area contributed by atoms with E-state index in [1.165, 1.54) is 11.1 Å². The molecule has 1 amide bonds. The van der Waals surface area contributed by atoms with E-state index in [4.69, 9.17) is 0 Å². The van der Waals surface area contributed by atoms with Crippen molar-refractivity contribution in [1.29, 1.82) is 0 Å². The molecule has 2 bridgehead atoms. The smallest absolute Gasteiger partial charge is 0.283 e. The minimum atomic E-state index is -0.292. The van der Waals surface area contributed by atoms with Crippen LogP contribution in [0.5, 0.6) is 0 Å². The maximum Gasteiger partial charge on any atom is 0.283 e. The number of amides is 1. The maximum atomic E-state index is 13.2. The van der Waals surface area contributed by atoms with Crippen LogP contribution >= 0.6 is 15.9 Å². The number of nitrogens with zero attached hydrogens (tertiary/aromatic N) is 3. The lowest BCUT2D eigenvalue weighted by Gasteiger charge is -2.62. The standard InChI is InChI=1S/C26H35BrN4O2/c1-6-16(2)31(19-10-8-7-9-11-19)23(32)15-30-25(33)24(27)22(14-28-30)29-21-13-18-12-20(17(21)3)26(18,4)5/h7-11,14,16-18,20-21,29H,6,12-13,15H2,1-5H3/t16?,17-,18-,20+,21-/m1/s1. The first-order valence-corrected chi connectivity index (χ1v) is 12.8. The molecule has 0 spiro atoms. The van der Waals surface area contributed by atoms with E-state index in [0.717, 1.165) is 24.4 Å². The van der Waals surface area contributed by atoms with Gasteiger partial charge in [-0.1, -0.05) is 45.9 Å². The Morgan fingerprint density at radius 3 is 2.61 bits per heavy atom. The van der Waals surface area contributed by atoms with Crippen molar-refractivity contribution >= 4 is 33.2 Å². The van der Waals surface area contributed by atoms with Crippen LogP contribution in [0.25, 0.3) is 0 Å². The lowest BCUT2D eigenvalue weighted by atomic mass is 9.45. The first-order valence-electron chi connectivity index (χ1n) is 12.0. The van der Waals surface area contributed by atoms with Crippen molar-refractivity contribution in [3.63, 3.8) is 0 Å². The van der Waals surface area contributed by atoms with Gasteiger partial charge in [-0.2, -0.15) is 5.10 Å². The van der Waals surface area contributed by atoms with E-state index in [2.05, 4.69) is 47.1 Å². The number of anilines is 2. The van der Waals surface area contributed by atoms with Gasteiger partial charge in [-0.05, 0) is 77.4 Å². The number of hydrogen-bond donors (Lipinski definition) is 1. The highest BCUT2D eigenvalue weighted by molar-refractivity contribution is 9.10. The van der Waals surface area contributed by atoms with Gasteiger partial charge in [-0.3, -0.25) is 9.59 Å². The van der Waals surface area contributed by atoms with Crippen molar-refractivity contribution < 1.29 is 4.79 Å². The summed E-state index contributed by atoms with van der Waals surface area (Å²) < 4.78 is 1.69. The molecule has 1 aromatic heterocycles. The van der Waals surface area contributed by atoms with E-state index >= 15 is 0 Å². The summed E-state index contributed by atoms with van der Waals surface area (Å²) in [7, 11) is 0. The van der Waals surface area contributed by atoms with Crippen molar-refractivity contribution in [3.8, 4) is 0 Å². The third kappa shape index (κ3) is 4.36. The number of aromatic nitrogens is 2. The van der Waals surface area contributed by atoms with Crippen LogP contribution in [0, 0.1) is 23.2 Å². The molecular formula is C26H35BrN4O2. The van der Waals surface area contributed by atoms with Crippen LogP contribution in [0.3, 0.4) is 0 Å². The molecule has 2 aromatic rings. The highest BCUT2D eigenvalue weighted by Crippen LogP contribution is 2.61. The summed E-state index contributed by atoms with van der Waals surface area (Å²) in [5, 5.41) is 7.93. The van der Waals surface area contributed by atoms with E-state index in [0.29, 0.717) is 33.5 Å². The number of fused-ring (bicyclic) bond motifs is 2. The molecule has 3 fully saturated rings. The molecule has 3 saturated carbocycles. The third-order valence-electron chi connectivity index (χ3n) is 8.30. The summed E-state index contributed by atoms with van der Waals surface area (Å²) in [6.45, 7) is 11.0. The van der Waals surface area contributed by atoms with Crippen molar-refractivity contribution in [1.82, 2.24) is 9.78 Å². The van der Waals surface area contributed by atoms with Crippen LogP contribution in [0.15, 0.2) is 45.8 Å². The number of halogens is 1. The summed E-state index contributed by atoms with van der Waals surface area (Å²) in [4.78, 5) is 28.0. The maximum absolute atomic E-state index is 13.2. The minimum absolute atomic E-state index is 0.0171. The van der Waals surface area contributed by atoms with Gasteiger partial charge in [0, 0.05) is 17.8 Å². The molecule has 6 nitrogen and oxygen atoms in total. The van der Waals surface area contributed by atoms with Crippen molar-refractivity contribution in [3.05, 3.63) is 51.4 Å². The second-order valence-corrected chi connectivity index (χ2v) is 11.2. The molecule has 5 atom stereocenters. The number of para-hydroxylation sites is 1. The fraction of sp³-hybridized carbons (Fsp3) is 0.577. The average molecular weight is 515 g/mol. The van der Waals surface area contributed by atoms with Gasteiger partial charge in [0.2, 0.25) is 5.91 Å². The van der Waals surface area contributed by atoms with Gasteiger partial charge in [0.1, 0.15) is 11.0 Å². The molecule has 1 aromatic carbocycles. The number of benzene rings is 1. The lowest BCUT2D eigenvalue weighted by Crippen LogP contribution is -2.58. The largest absolute Gasteiger partial charge is 0.380 e. The Balaban J connectivity index is 1.50. The van der Waals surface area contributed by atoms with Gasteiger partial charge in [-0.25, -0.2) is 4.68 Å². The molecule has 0 radical (unpaired) electrons. The minimum Gasteiger partial charge on any atom is -0.380 e. The van der Waals surface area contributed by atoms with Crippen molar-refractivity contribution in [2.45, 2.75) is 72.5 Å². The molecule has 5 rings (SSSR count). The van der Waals surface area contributed by atoms with Crippen molar-refractivity contribution in [2.75, 3.05) is 10.2 Å². The molecule has 178 valence electrons. The Hall–Kier alpha value is -2.15. The zero-order valence-corrected chi connectivity index (χ0v) is 21.8. The van der Waals surface area contributed by atoms with E-state index in [-0.39, 0.29) is 24.1 Å². The fourth-order valence-corrected chi connectivity index (χ4v) is 6.26. The van der Waals surface area contributed by atoms with Gasteiger partial charge >= 0.3 is 0 Å². The normalized spacial score (nSPS) is 26.2. The number of carbonyl (C=O) groups excluding carboxylic acids is 1. The van der Waals surface area contributed by atoms with Crippen LogP contribution in [0.2, 0.25) is 0 Å². The number of rotatable bonds is 7. The second kappa shape index (κ2) is 9.24. The fourth-order valence-electron chi connectivity index (χ4n) is 5.84. The van der Waals surface area contributed by atoms with Gasteiger partial charge in [0.05, 0.1) is 11.9 Å². The highest BCUT2D eigenvalue weighted by atomic mass is 79.9. The van der Waals surface area contributed by atoms with Gasteiger partial charge in [-0.15, -0.1) is 0 Å². The van der Waals surface area contributed by atoms with Crippen LogP contribution in [0.4, 0.5) is 11.4 Å². The Bertz CT molecular complexity index is 1070. The van der Waals surface area contributed by atoms with E-state index in [1.54, 1.807) is 11.1 Å². The number of nitrogens with one attached hydrogen (secondary N) is 1. The lowest BCUT2D eigenvalue weighted by molar-refractivity contribution is -0.119. The molecule has 3 aliphatic carbocycles. The Morgan fingerprint density at radius 2 is 2.00 bits per heavy atom. The van der Waals surface area contributed by atoms with Gasteiger partial charge in [0.25, 0.3) is 5.56 Å². The molecule has 33 heavy (non-hydrogen) atoms. The predicted molar refractivity (Wildman–Crippen MR) is 136 cm³/mol. The molecule has 0 saturated heterocycles. The molecule has 0 aliphatic heterocycles. The monoisotopic (exact) mass is 514 g/mol. The average Bonchev–Trinajstić information content (AvgIpc) is 2.80. The van der Waals surface area contributed by atoms with E-state index < -0.39 is 0 Å². The highest BCUT2D eigenvalue weighted by Gasteiger charge is 2.56. The van der Waals surface area contributed by atoms with Crippen molar-refractivity contribution in [2.24, 2.45) is 23.2 Å². The molecule has 1 unspecified atom stereocenters. The first kappa shape index (κ1) is 24.0. The summed E-state index contributed by atoms with van der Waals surface area (Å²) in [6, 6.07) is 9.93. The Labute approximate surface area is 204 Å². The topological polar surface area (TPSA) is 67.2 Å². The summed E-state index contributed by atoms with van der Waals surface area (Å²) in [5.41, 5.74) is 1.66. The molecule has 1 heterocycles. The third-order valence-corrected chi connectivity index (χ3v) is 9.07. The zero-order valence-electron chi connectivity index (χ0n) is 20.2. The van der Waals surface area contributed by atoms with Crippen LogP contribution in [0.1, 0.15) is 53.9 Å². The van der Waals surface area contributed by atoms with Crippen LogP contribution in [-0.4, -0.2) is 27.8 Å². The van der Waals surface area contributed by atoms with Crippen LogP contribution < -0.4 is 15.8 Å². The van der Waals surface area contributed by atoms with Gasteiger partial charge in [0.15, 0.2) is 0 Å². The first-order chi connectivity index (χ1) is 15.6. The van der Waals surface area contributed by atoms with E-state index in [9.17, 15) is 9.59 Å². The molecule has 7 heteroatoms. The number of carbonyl (C=O) groups is 1. The Morgan fingerprint density at radius 1 is 1.30 bits per heavy atom. The Kier molecular flexibility index (Phi) is 6.72.